The maximum absolute atomic E-state index is 3.65. The van der Waals surface area contributed by atoms with Gasteiger partial charge < -0.3 is 5.32 Å². The topological polar surface area (TPSA) is 15.3 Å². The highest BCUT2D eigenvalue weighted by Gasteiger charge is 2.37. The van der Waals surface area contributed by atoms with Crippen LogP contribution in [0.25, 0.3) is 0 Å². The molecule has 19 heavy (non-hydrogen) atoms. The number of benzene rings is 1. The summed E-state index contributed by atoms with van der Waals surface area (Å²) in [6.45, 7) is 10.2. The van der Waals surface area contributed by atoms with E-state index in [9.17, 15) is 0 Å². The number of piperazine rings is 1. The van der Waals surface area contributed by atoms with Gasteiger partial charge in [-0.05, 0) is 45.1 Å². The first kappa shape index (κ1) is 13.1. The van der Waals surface area contributed by atoms with Crippen molar-refractivity contribution in [1.82, 2.24) is 10.2 Å². The summed E-state index contributed by atoms with van der Waals surface area (Å²) in [5, 5.41) is 3.65. The van der Waals surface area contributed by atoms with Gasteiger partial charge in [0.2, 0.25) is 0 Å². The highest BCUT2D eigenvalue weighted by molar-refractivity contribution is 5.28. The van der Waals surface area contributed by atoms with E-state index in [1.807, 2.05) is 0 Å². The van der Waals surface area contributed by atoms with E-state index < -0.39 is 0 Å². The van der Waals surface area contributed by atoms with Gasteiger partial charge in [-0.3, -0.25) is 4.90 Å². The summed E-state index contributed by atoms with van der Waals surface area (Å²) in [5.74, 6) is 0.950. The third kappa shape index (κ3) is 3.18. The number of hydrogen-bond acceptors (Lipinski definition) is 2. The summed E-state index contributed by atoms with van der Waals surface area (Å²) >= 11 is 0. The zero-order valence-corrected chi connectivity index (χ0v) is 12.4. The SMILES string of the molecule is Cc1cc(C)cc(CN2CC(C)NCC2C2CC2)c1. The molecule has 2 heteroatoms. The van der Waals surface area contributed by atoms with Crippen molar-refractivity contribution in [1.29, 1.82) is 0 Å². The monoisotopic (exact) mass is 258 g/mol. The molecule has 0 aromatic heterocycles. The van der Waals surface area contributed by atoms with Crippen LogP contribution in [-0.2, 0) is 6.54 Å². The lowest BCUT2D eigenvalue weighted by Gasteiger charge is -2.39. The number of rotatable bonds is 3. The summed E-state index contributed by atoms with van der Waals surface area (Å²) in [6.07, 6.45) is 2.87. The highest BCUT2D eigenvalue weighted by atomic mass is 15.2. The van der Waals surface area contributed by atoms with Gasteiger partial charge in [-0.15, -0.1) is 0 Å². The zero-order chi connectivity index (χ0) is 13.4. The van der Waals surface area contributed by atoms with E-state index in [1.165, 1.54) is 42.6 Å². The number of nitrogens with one attached hydrogen (secondary N) is 1. The molecule has 2 aliphatic rings. The molecule has 1 aromatic carbocycles. The predicted molar refractivity (Wildman–Crippen MR) is 80.3 cm³/mol. The fourth-order valence-corrected chi connectivity index (χ4v) is 3.53. The lowest BCUT2D eigenvalue weighted by atomic mass is 10.0. The minimum atomic E-state index is 0.626. The summed E-state index contributed by atoms with van der Waals surface area (Å²) < 4.78 is 0. The van der Waals surface area contributed by atoms with Crippen molar-refractivity contribution < 1.29 is 0 Å². The lowest BCUT2D eigenvalue weighted by Crippen LogP contribution is -2.55. The van der Waals surface area contributed by atoms with E-state index in [-0.39, 0.29) is 0 Å². The van der Waals surface area contributed by atoms with Crippen LogP contribution >= 0.6 is 0 Å². The van der Waals surface area contributed by atoms with Gasteiger partial charge in [-0.25, -0.2) is 0 Å². The molecule has 0 spiro atoms. The molecule has 1 heterocycles. The van der Waals surface area contributed by atoms with Crippen LogP contribution in [0.15, 0.2) is 18.2 Å². The molecule has 0 radical (unpaired) electrons. The molecule has 0 amide bonds. The molecule has 1 aliphatic heterocycles. The Balaban J connectivity index is 1.74. The molecule has 1 N–H and O–H groups in total. The second-order valence-corrected chi connectivity index (χ2v) is 6.64. The van der Waals surface area contributed by atoms with Crippen LogP contribution in [0.1, 0.15) is 36.5 Å². The van der Waals surface area contributed by atoms with Crippen molar-refractivity contribution in [2.24, 2.45) is 5.92 Å². The first-order valence-electron chi connectivity index (χ1n) is 7.66. The lowest BCUT2D eigenvalue weighted by molar-refractivity contribution is 0.112. The normalized spacial score (nSPS) is 28.6. The van der Waals surface area contributed by atoms with Crippen LogP contribution in [-0.4, -0.2) is 30.1 Å². The molecule has 3 rings (SSSR count). The van der Waals surface area contributed by atoms with Crippen LogP contribution in [0, 0.1) is 19.8 Å². The van der Waals surface area contributed by atoms with Crippen LogP contribution < -0.4 is 5.32 Å². The molecule has 2 nitrogen and oxygen atoms in total. The second kappa shape index (κ2) is 5.26. The molecule has 1 aliphatic carbocycles. The molecule has 1 saturated heterocycles. The Hall–Kier alpha value is -0.860. The van der Waals surface area contributed by atoms with Crippen LogP contribution in [0.3, 0.4) is 0 Å². The van der Waals surface area contributed by atoms with Crippen molar-refractivity contribution in [3.05, 3.63) is 34.9 Å². The van der Waals surface area contributed by atoms with E-state index in [0.29, 0.717) is 6.04 Å². The second-order valence-electron chi connectivity index (χ2n) is 6.64. The van der Waals surface area contributed by atoms with Gasteiger partial charge >= 0.3 is 0 Å². The Labute approximate surface area is 117 Å². The molecular formula is C17H26N2. The van der Waals surface area contributed by atoms with E-state index >= 15 is 0 Å². The predicted octanol–water partition coefficient (Wildman–Crippen LogP) is 2.88. The highest BCUT2D eigenvalue weighted by Crippen LogP contribution is 2.36. The average Bonchev–Trinajstić information content (AvgIpc) is 3.11. The van der Waals surface area contributed by atoms with Crippen LogP contribution in [0.5, 0.6) is 0 Å². The van der Waals surface area contributed by atoms with Gasteiger partial charge in [0.05, 0.1) is 0 Å². The Morgan fingerprint density at radius 2 is 1.84 bits per heavy atom. The van der Waals surface area contributed by atoms with Gasteiger partial charge in [0, 0.05) is 31.7 Å². The maximum Gasteiger partial charge on any atom is 0.0253 e. The summed E-state index contributed by atoms with van der Waals surface area (Å²) in [5.41, 5.74) is 4.26. The minimum absolute atomic E-state index is 0.626. The van der Waals surface area contributed by atoms with Gasteiger partial charge in [0.1, 0.15) is 0 Å². The fraction of sp³-hybridized carbons (Fsp3) is 0.647. The largest absolute Gasteiger partial charge is 0.311 e. The molecule has 1 saturated carbocycles. The Morgan fingerprint density at radius 1 is 1.16 bits per heavy atom. The van der Waals surface area contributed by atoms with Gasteiger partial charge in [-0.1, -0.05) is 29.3 Å². The summed E-state index contributed by atoms with van der Waals surface area (Å²) in [4.78, 5) is 2.72. The standard InChI is InChI=1S/C17H26N2/c1-12-6-13(2)8-15(7-12)11-19-10-14(3)18-9-17(19)16-4-5-16/h6-8,14,16-18H,4-5,9-11H2,1-3H3. The number of aryl methyl sites for hydroxylation is 2. The van der Waals surface area contributed by atoms with Gasteiger partial charge in [0.15, 0.2) is 0 Å². The van der Waals surface area contributed by atoms with Crippen molar-refractivity contribution in [3.63, 3.8) is 0 Å². The van der Waals surface area contributed by atoms with Crippen molar-refractivity contribution in [3.8, 4) is 0 Å². The fourth-order valence-electron chi connectivity index (χ4n) is 3.53. The summed E-state index contributed by atoms with van der Waals surface area (Å²) in [7, 11) is 0. The van der Waals surface area contributed by atoms with Crippen LogP contribution in [0.2, 0.25) is 0 Å². The molecule has 104 valence electrons. The quantitative estimate of drug-likeness (QED) is 0.897. The van der Waals surface area contributed by atoms with E-state index in [0.717, 1.165) is 18.5 Å². The molecule has 2 unspecified atom stereocenters. The smallest absolute Gasteiger partial charge is 0.0253 e. The van der Waals surface area contributed by atoms with Crippen molar-refractivity contribution in [2.75, 3.05) is 13.1 Å². The first-order chi connectivity index (χ1) is 9.11. The van der Waals surface area contributed by atoms with E-state index in [4.69, 9.17) is 0 Å². The molecular weight excluding hydrogens is 232 g/mol. The molecule has 0 bridgehead atoms. The van der Waals surface area contributed by atoms with Crippen molar-refractivity contribution >= 4 is 0 Å². The Kier molecular flexibility index (Phi) is 3.64. The third-order valence-corrected chi connectivity index (χ3v) is 4.49. The zero-order valence-electron chi connectivity index (χ0n) is 12.4. The Bertz CT molecular complexity index is 430. The minimum Gasteiger partial charge on any atom is -0.311 e. The van der Waals surface area contributed by atoms with E-state index in [1.54, 1.807) is 0 Å². The summed E-state index contributed by atoms with van der Waals surface area (Å²) in [6, 6.07) is 8.35. The Morgan fingerprint density at radius 3 is 2.47 bits per heavy atom. The van der Waals surface area contributed by atoms with Gasteiger partial charge in [-0.2, -0.15) is 0 Å². The molecule has 1 aromatic rings. The molecule has 2 fully saturated rings. The van der Waals surface area contributed by atoms with Crippen LogP contribution in [0.4, 0.5) is 0 Å². The average molecular weight is 258 g/mol. The van der Waals surface area contributed by atoms with E-state index in [2.05, 4.69) is 49.2 Å². The maximum atomic E-state index is 3.65. The first-order valence-corrected chi connectivity index (χ1v) is 7.66. The van der Waals surface area contributed by atoms with Gasteiger partial charge in [0.25, 0.3) is 0 Å². The number of hydrogen-bond donors (Lipinski definition) is 1. The van der Waals surface area contributed by atoms with Crippen molar-refractivity contribution in [2.45, 2.75) is 52.2 Å². The number of nitrogens with zero attached hydrogens (tertiary/aromatic N) is 1. The molecule has 2 atom stereocenters. The third-order valence-electron chi connectivity index (χ3n) is 4.49.